The van der Waals surface area contributed by atoms with E-state index in [0.29, 0.717) is 24.7 Å². The lowest BCUT2D eigenvalue weighted by molar-refractivity contribution is -0.128. The van der Waals surface area contributed by atoms with Crippen LogP contribution in [0.15, 0.2) is 6.07 Å². The van der Waals surface area contributed by atoms with Gasteiger partial charge in [-0.05, 0) is 25.2 Å². The van der Waals surface area contributed by atoms with Gasteiger partial charge in [-0.3, -0.25) is 4.79 Å². The molecule has 1 aromatic rings. The second kappa shape index (κ2) is 6.00. The summed E-state index contributed by atoms with van der Waals surface area (Å²) in [6, 6.07) is 1.93. The molecule has 1 amide bonds. The van der Waals surface area contributed by atoms with E-state index >= 15 is 0 Å². The summed E-state index contributed by atoms with van der Waals surface area (Å²) >= 11 is 0. The zero-order valence-corrected chi connectivity index (χ0v) is 13.7. The van der Waals surface area contributed by atoms with E-state index in [1.807, 2.05) is 24.8 Å². The van der Waals surface area contributed by atoms with Crippen molar-refractivity contribution < 1.29 is 4.79 Å². The third-order valence-electron chi connectivity index (χ3n) is 4.03. The SMILES string of the molecule is CCNc1cc(C)nc(CN2CC(C(C)(C)C)CC2=O)n1. The van der Waals surface area contributed by atoms with Gasteiger partial charge in [-0.1, -0.05) is 20.8 Å². The monoisotopic (exact) mass is 290 g/mol. The van der Waals surface area contributed by atoms with Gasteiger partial charge in [-0.25, -0.2) is 9.97 Å². The van der Waals surface area contributed by atoms with Crippen LogP contribution in [-0.4, -0.2) is 33.9 Å². The fourth-order valence-electron chi connectivity index (χ4n) is 2.65. The van der Waals surface area contributed by atoms with Crippen LogP contribution in [-0.2, 0) is 11.3 Å². The van der Waals surface area contributed by atoms with Gasteiger partial charge < -0.3 is 10.2 Å². The second-order valence-corrected chi connectivity index (χ2v) is 6.88. The maximum absolute atomic E-state index is 12.2. The Hall–Kier alpha value is -1.65. The highest BCUT2D eigenvalue weighted by molar-refractivity contribution is 5.78. The standard InChI is InChI=1S/C16H26N4O/c1-6-17-13-7-11(2)18-14(19-13)10-20-9-12(8-15(20)21)16(3,4)5/h7,12H,6,8-10H2,1-5H3,(H,17,18,19). The molecule has 0 spiro atoms. The lowest BCUT2D eigenvalue weighted by Gasteiger charge is -2.26. The molecule has 5 nitrogen and oxygen atoms in total. The first kappa shape index (κ1) is 15.7. The molecule has 2 heterocycles. The Balaban J connectivity index is 2.10. The highest BCUT2D eigenvalue weighted by Crippen LogP contribution is 2.34. The minimum Gasteiger partial charge on any atom is -0.370 e. The number of nitrogens with zero attached hydrogens (tertiary/aromatic N) is 3. The van der Waals surface area contributed by atoms with Crippen LogP contribution in [0.3, 0.4) is 0 Å². The highest BCUT2D eigenvalue weighted by atomic mass is 16.2. The summed E-state index contributed by atoms with van der Waals surface area (Å²) in [7, 11) is 0. The number of likely N-dealkylation sites (tertiary alicyclic amines) is 1. The summed E-state index contributed by atoms with van der Waals surface area (Å²) in [4.78, 5) is 23.0. The number of hydrogen-bond acceptors (Lipinski definition) is 4. The van der Waals surface area contributed by atoms with Crippen molar-refractivity contribution in [3.8, 4) is 0 Å². The number of carbonyl (C=O) groups is 1. The van der Waals surface area contributed by atoms with E-state index in [2.05, 4.69) is 36.1 Å². The van der Waals surface area contributed by atoms with E-state index in [0.717, 1.165) is 24.6 Å². The molecule has 0 bridgehead atoms. The van der Waals surface area contributed by atoms with Gasteiger partial charge in [0.25, 0.3) is 0 Å². The molecule has 1 N–H and O–H groups in total. The van der Waals surface area contributed by atoms with Gasteiger partial charge in [0.05, 0.1) is 6.54 Å². The van der Waals surface area contributed by atoms with E-state index in [4.69, 9.17) is 0 Å². The van der Waals surface area contributed by atoms with Crippen molar-refractivity contribution in [1.82, 2.24) is 14.9 Å². The quantitative estimate of drug-likeness (QED) is 0.926. The predicted molar refractivity (Wildman–Crippen MR) is 83.9 cm³/mol. The maximum Gasteiger partial charge on any atom is 0.223 e. The molecular weight excluding hydrogens is 264 g/mol. The van der Waals surface area contributed by atoms with Gasteiger partial charge in [0.2, 0.25) is 5.91 Å². The first-order valence-corrected chi connectivity index (χ1v) is 7.65. The average Bonchev–Trinajstić information content (AvgIpc) is 2.70. The van der Waals surface area contributed by atoms with Gasteiger partial charge >= 0.3 is 0 Å². The summed E-state index contributed by atoms with van der Waals surface area (Å²) in [5, 5.41) is 3.20. The van der Waals surface area contributed by atoms with Crippen LogP contribution in [0.25, 0.3) is 0 Å². The van der Waals surface area contributed by atoms with Gasteiger partial charge in [-0.15, -0.1) is 0 Å². The Morgan fingerprint density at radius 1 is 1.38 bits per heavy atom. The molecule has 2 rings (SSSR count). The zero-order chi connectivity index (χ0) is 15.6. The first-order valence-electron chi connectivity index (χ1n) is 7.65. The number of nitrogens with one attached hydrogen (secondary N) is 1. The second-order valence-electron chi connectivity index (χ2n) is 6.88. The third-order valence-corrected chi connectivity index (χ3v) is 4.03. The Labute approximate surface area is 127 Å². The van der Waals surface area contributed by atoms with Crippen LogP contribution >= 0.6 is 0 Å². The molecule has 1 fully saturated rings. The maximum atomic E-state index is 12.2. The minimum atomic E-state index is 0.160. The lowest BCUT2D eigenvalue weighted by atomic mass is 9.80. The van der Waals surface area contributed by atoms with Crippen LogP contribution in [0.1, 0.15) is 45.6 Å². The summed E-state index contributed by atoms with van der Waals surface area (Å²) < 4.78 is 0. The van der Waals surface area contributed by atoms with Crippen molar-refractivity contribution in [3.05, 3.63) is 17.6 Å². The average molecular weight is 290 g/mol. The Morgan fingerprint density at radius 2 is 2.10 bits per heavy atom. The minimum absolute atomic E-state index is 0.160. The Morgan fingerprint density at radius 3 is 2.67 bits per heavy atom. The molecule has 0 aliphatic carbocycles. The fourth-order valence-corrected chi connectivity index (χ4v) is 2.65. The van der Waals surface area contributed by atoms with Crippen LogP contribution in [0.4, 0.5) is 5.82 Å². The van der Waals surface area contributed by atoms with Crippen molar-refractivity contribution in [2.75, 3.05) is 18.4 Å². The summed E-state index contributed by atoms with van der Waals surface area (Å²) in [6.45, 7) is 12.7. The number of carbonyl (C=O) groups excluding carboxylic acids is 1. The van der Waals surface area contributed by atoms with E-state index < -0.39 is 0 Å². The summed E-state index contributed by atoms with van der Waals surface area (Å²) in [5.74, 6) is 2.17. The van der Waals surface area contributed by atoms with Crippen molar-refractivity contribution in [2.45, 2.75) is 47.6 Å². The number of aryl methyl sites for hydroxylation is 1. The molecule has 1 aliphatic heterocycles. The highest BCUT2D eigenvalue weighted by Gasteiger charge is 2.36. The van der Waals surface area contributed by atoms with Crippen LogP contribution in [0.2, 0.25) is 0 Å². The lowest BCUT2D eigenvalue weighted by Crippen LogP contribution is -2.28. The molecule has 0 aromatic carbocycles. The molecule has 1 saturated heterocycles. The van der Waals surface area contributed by atoms with Crippen LogP contribution in [0.5, 0.6) is 0 Å². The Bertz CT molecular complexity index is 521. The molecule has 1 unspecified atom stereocenters. The molecule has 21 heavy (non-hydrogen) atoms. The largest absolute Gasteiger partial charge is 0.370 e. The Kier molecular flexibility index (Phi) is 4.49. The number of aromatic nitrogens is 2. The van der Waals surface area contributed by atoms with Crippen molar-refractivity contribution in [2.24, 2.45) is 11.3 Å². The smallest absolute Gasteiger partial charge is 0.223 e. The van der Waals surface area contributed by atoms with Gasteiger partial charge in [0.1, 0.15) is 11.6 Å². The topological polar surface area (TPSA) is 58.1 Å². The molecule has 1 aliphatic rings. The zero-order valence-electron chi connectivity index (χ0n) is 13.7. The number of anilines is 1. The molecule has 0 saturated carbocycles. The number of amides is 1. The molecular formula is C16H26N4O. The van der Waals surface area contributed by atoms with Crippen molar-refractivity contribution in [1.29, 1.82) is 0 Å². The summed E-state index contributed by atoms with van der Waals surface area (Å²) in [6.07, 6.45) is 0.634. The fraction of sp³-hybridized carbons (Fsp3) is 0.688. The number of hydrogen-bond donors (Lipinski definition) is 1. The molecule has 0 radical (unpaired) electrons. The van der Waals surface area contributed by atoms with Crippen LogP contribution in [0, 0.1) is 18.3 Å². The van der Waals surface area contributed by atoms with Gasteiger partial charge in [0.15, 0.2) is 0 Å². The third kappa shape index (κ3) is 3.93. The molecule has 1 atom stereocenters. The molecule has 1 aromatic heterocycles. The summed E-state index contributed by atoms with van der Waals surface area (Å²) in [5.41, 5.74) is 1.09. The van der Waals surface area contributed by atoms with Crippen molar-refractivity contribution >= 4 is 11.7 Å². The van der Waals surface area contributed by atoms with E-state index in [-0.39, 0.29) is 11.3 Å². The van der Waals surface area contributed by atoms with Crippen LogP contribution < -0.4 is 5.32 Å². The predicted octanol–water partition coefficient (Wildman–Crippen LogP) is 2.61. The van der Waals surface area contributed by atoms with Gasteiger partial charge in [-0.2, -0.15) is 0 Å². The van der Waals surface area contributed by atoms with E-state index in [1.54, 1.807) is 0 Å². The van der Waals surface area contributed by atoms with Gasteiger partial charge in [0, 0.05) is 31.3 Å². The normalized spacial score (nSPS) is 19.2. The molecule has 116 valence electrons. The van der Waals surface area contributed by atoms with E-state index in [1.165, 1.54) is 0 Å². The number of rotatable bonds is 4. The van der Waals surface area contributed by atoms with Crippen molar-refractivity contribution in [3.63, 3.8) is 0 Å². The first-order chi connectivity index (χ1) is 9.79. The van der Waals surface area contributed by atoms with E-state index in [9.17, 15) is 4.79 Å². The molecule has 5 heteroatoms.